The van der Waals surface area contributed by atoms with E-state index in [1.807, 2.05) is 0 Å². The number of hydrogen-bond acceptors (Lipinski definition) is 4. The molecule has 0 radical (unpaired) electrons. The van der Waals surface area contributed by atoms with Crippen LogP contribution in [0.25, 0.3) is 0 Å². The van der Waals surface area contributed by atoms with Gasteiger partial charge in [0, 0.05) is 6.07 Å². The first kappa shape index (κ1) is 9.38. The van der Waals surface area contributed by atoms with Crippen LogP contribution in [0.1, 0.15) is 16.9 Å². The highest BCUT2D eigenvalue weighted by Gasteiger charge is 2.06. The minimum atomic E-state index is -0.297. The first-order valence-corrected chi connectivity index (χ1v) is 3.76. The van der Waals surface area contributed by atoms with Crippen LogP contribution in [0.4, 0.5) is 0 Å². The van der Waals surface area contributed by atoms with E-state index < -0.39 is 0 Å². The molecule has 0 fully saturated rings. The molecule has 0 spiro atoms. The van der Waals surface area contributed by atoms with Gasteiger partial charge in [-0.15, -0.1) is 0 Å². The van der Waals surface area contributed by atoms with E-state index in [1.165, 1.54) is 7.11 Å². The molecule has 68 valence electrons. The summed E-state index contributed by atoms with van der Waals surface area (Å²) in [5.41, 5.74) is 0.256. The maximum absolute atomic E-state index is 11.2. The van der Waals surface area contributed by atoms with Crippen molar-refractivity contribution >= 4 is 12.1 Å². The third-order valence-corrected chi connectivity index (χ3v) is 1.49. The van der Waals surface area contributed by atoms with Gasteiger partial charge in [-0.1, -0.05) is 6.07 Å². The molecule has 1 rings (SSSR count). The van der Waals surface area contributed by atoms with Crippen molar-refractivity contribution in [1.29, 1.82) is 0 Å². The van der Waals surface area contributed by atoms with E-state index in [0.717, 1.165) is 0 Å². The molecule has 13 heavy (non-hydrogen) atoms. The van der Waals surface area contributed by atoms with Gasteiger partial charge in [0.25, 0.3) is 0 Å². The fourth-order valence-corrected chi connectivity index (χ4v) is 0.864. The Labute approximate surface area is 75.5 Å². The molecule has 0 unspecified atom stereocenters. The number of rotatable bonds is 4. The van der Waals surface area contributed by atoms with Crippen LogP contribution >= 0.6 is 0 Å². The number of aromatic nitrogens is 1. The largest absolute Gasteiger partial charge is 0.481 e. The zero-order chi connectivity index (χ0) is 9.68. The SMILES string of the molecule is COc1cccc(C(=O)CC=O)n1. The van der Waals surface area contributed by atoms with Crippen LogP contribution in [0.15, 0.2) is 18.2 Å². The summed E-state index contributed by atoms with van der Waals surface area (Å²) in [6.45, 7) is 0. The Kier molecular flexibility index (Phi) is 3.14. The van der Waals surface area contributed by atoms with Gasteiger partial charge in [-0.25, -0.2) is 4.98 Å². The number of nitrogens with zero attached hydrogens (tertiary/aromatic N) is 1. The standard InChI is InChI=1S/C9H9NO3/c1-13-9-4-2-3-7(10-9)8(12)5-6-11/h2-4,6H,5H2,1H3. The molecule has 0 bridgehead atoms. The maximum atomic E-state index is 11.2. The van der Waals surface area contributed by atoms with E-state index in [-0.39, 0.29) is 17.9 Å². The number of Topliss-reactive ketones (excluding diaryl/α,β-unsaturated/α-hetero) is 1. The molecule has 0 atom stereocenters. The summed E-state index contributed by atoms with van der Waals surface area (Å²) < 4.78 is 4.83. The van der Waals surface area contributed by atoms with Crippen LogP contribution in [0, 0.1) is 0 Å². The zero-order valence-electron chi connectivity index (χ0n) is 7.19. The van der Waals surface area contributed by atoms with E-state index in [0.29, 0.717) is 12.2 Å². The Morgan fingerprint density at radius 1 is 1.62 bits per heavy atom. The van der Waals surface area contributed by atoms with Crippen molar-refractivity contribution < 1.29 is 14.3 Å². The zero-order valence-corrected chi connectivity index (χ0v) is 7.19. The number of hydrogen-bond donors (Lipinski definition) is 0. The van der Waals surface area contributed by atoms with Gasteiger partial charge in [0.15, 0.2) is 5.78 Å². The third-order valence-electron chi connectivity index (χ3n) is 1.49. The Bertz CT molecular complexity index is 322. The average molecular weight is 179 g/mol. The minimum Gasteiger partial charge on any atom is -0.481 e. The van der Waals surface area contributed by atoms with Gasteiger partial charge in [-0.3, -0.25) is 4.79 Å². The van der Waals surface area contributed by atoms with Crippen molar-refractivity contribution in [3.63, 3.8) is 0 Å². The Morgan fingerprint density at radius 2 is 2.38 bits per heavy atom. The lowest BCUT2D eigenvalue weighted by atomic mass is 10.2. The van der Waals surface area contributed by atoms with Gasteiger partial charge in [0.05, 0.1) is 13.5 Å². The van der Waals surface area contributed by atoms with Crippen molar-refractivity contribution in [2.75, 3.05) is 7.11 Å². The summed E-state index contributed by atoms with van der Waals surface area (Å²) in [7, 11) is 1.47. The number of ether oxygens (including phenoxy) is 1. The molecule has 4 nitrogen and oxygen atoms in total. The lowest BCUT2D eigenvalue weighted by Crippen LogP contribution is -2.03. The van der Waals surface area contributed by atoms with Gasteiger partial charge in [0.1, 0.15) is 12.0 Å². The quantitative estimate of drug-likeness (QED) is 0.391. The Morgan fingerprint density at radius 3 is 3.00 bits per heavy atom. The molecular weight excluding hydrogens is 170 g/mol. The van der Waals surface area contributed by atoms with Crippen LogP contribution in [-0.4, -0.2) is 24.2 Å². The molecule has 0 aliphatic heterocycles. The van der Waals surface area contributed by atoms with Gasteiger partial charge in [0.2, 0.25) is 5.88 Å². The van der Waals surface area contributed by atoms with Crippen LogP contribution < -0.4 is 4.74 Å². The number of methoxy groups -OCH3 is 1. The summed E-state index contributed by atoms with van der Waals surface area (Å²) in [4.78, 5) is 25.1. The first-order chi connectivity index (χ1) is 6.27. The molecule has 0 aliphatic carbocycles. The second-order valence-corrected chi connectivity index (χ2v) is 2.36. The smallest absolute Gasteiger partial charge is 0.213 e. The number of carbonyl (C=O) groups excluding carboxylic acids is 2. The fourth-order valence-electron chi connectivity index (χ4n) is 0.864. The van der Waals surface area contributed by atoms with Crippen LogP contribution in [0.3, 0.4) is 0 Å². The lowest BCUT2D eigenvalue weighted by Gasteiger charge is -1.99. The highest BCUT2D eigenvalue weighted by molar-refractivity contribution is 6.01. The summed E-state index contributed by atoms with van der Waals surface area (Å²) in [6.07, 6.45) is 0.420. The summed E-state index contributed by atoms with van der Waals surface area (Å²) in [5, 5.41) is 0. The normalized spacial score (nSPS) is 9.31. The molecule has 0 saturated carbocycles. The molecule has 0 N–H and O–H groups in total. The van der Waals surface area contributed by atoms with Gasteiger partial charge in [-0.2, -0.15) is 0 Å². The average Bonchev–Trinajstić information content (AvgIpc) is 2.18. The molecular formula is C9H9NO3. The van der Waals surface area contributed by atoms with Gasteiger partial charge in [-0.05, 0) is 6.07 Å². The Hall–Kier alpha value is -1.71. The van der Waals surface area contributed by atoms with E-state index >= 15 is 0 Å². The molecule has 0 saturated heterocycles. The third kappa shape index (κ3) is 2.37. The van der Waals surface area contributed by atoms with Crippen molar-refractivity contribution in [2.24, 2.45) is 0 Å². The predicted molar refractivity (Wildman–Crippen MR) is 45.8 cm³/mol. The van der Waals surface area contributed by atoms with Crippen molar-refractivity contribution in [3.05, 3.63) is 23.9 Å². The van der Waals surface area contributed by atoms with Crippen molar-refractivity contribution in [1.82, 2.24) is 4.98 Å². The topological polar surface area (TPSA) is 56.3 Å². The van der Waals surface area contributed by atoms with Crippen LogP contribution in [0.5, 0.6) is 5.88 Å². The highest BCUT2D eigenvalue weighted by Crippen LogP contribution is 2.07. The van der Waals surface area contributed by atoms with Crippen molar-refractivity contribution in [2.45, 2.75) is 6.42 Å². The Balaban J connectivity index is 2.87. The summed E-state index contributed by atoms with van der Waals surface area (Å²) in [5.74, 6) is 0.0747. The monoisotopic (exact) mass is 179 g/mol. The molecule has 1 aromatic heterocycles. The molecule has 1 aromatic rings. The van der Waals surface area contributed by atoms with Crippen LogP contribution in [-0.2, 0) is 4.79 Å². The number of pyridine rings is 1. The number of carbonyl (C=O) groups is 2. The molecule has 1 heterocycles. The van der Waals surface area contributed by atoms with E-state index in [2.05, 4.69) is 4.98 Å². The molecule has 4 heteroatoms. The highest BCUT2D eigenvalue weighted by atomic mass is 16.5. The van der Waals surface area contributed by atoms with Gasteiger partial charge >= 0.3 is 0 Å². The predicted octanol–water partition coefficient (Wildman–Crippen LogP) is 0.862. The summed E-state index contributed by atoms with van der Waals surface area (Å²) in [6, 6.07) is 4.84. The van der Waals surface area contributed by atoms with E-state index in [4.69, 9.17) is 4.74 Å². The summed E-state index contributed by atoms with van der Waals surface area (Å²) >= 11 is 0. The number of ketones is 1. The number of aldehydes is 1. The second kappa shape index (κ2) is 4.35. The van der Waals surface area contributed by atoms with Crippen LogP contribution in [0.2, 0.25) is 0 Å². The maximum Gasteiger partial charge on any atom is 0.213 e. The molecule has 0 aromatic carbocycles. The fraction of sp³-hybridized carbons (Fsp3) is 0.222. The second-order valence-electron chi connectivity index (χ2n) is 2.36. The van der Waals surface area contributed by atoms with Gasteiger partial charge < -0.3 is 9.53 Å². The lowest BCUT2D eigenvalue weighted by molar-refractivity contribution is -0.107. The minimum absolute atomic E-state index is 0.139. The molecule has 0 aliphatic rings. The van der Waals surface area contributed by atoms with Crippen molar-refractivity contribution in [3.8, 4) is 5.88 Å². The molecule has 0 amide bonds. The van der Waals surface area contributed by atoms with E-state index in [9.17, 15) is 9.59 Å². The first-order valence-electron chi connectivity index (χ1n) is 3.76. The van der Waals surface area contributed by atoms with E-state index in [1.54, 1.807) is 18.2 Å².